The van der Waals surface area contributed by atoms with Crippen molar-refractivity contribution in [3.63, 3.8) is 0 Å². The largest absolute Gasteiger partial charge is 0.339 e. The molecule has 0 bridgehead atoms. The molecular formula is C17H22N6O4S. The molecule has 0 aliphatic carbocycles. The number of likely N-dealkylation sites (tertiary alicyclic amines) is 1. The number of sulfonamides is 1. The molecule has 4 heterocycles. The van der Waals surface area contributed by atoms with Crippen LogP contribution in [0.4, 0.5) is 0 Å². The fraction of sp³-hybridized carbons (Fsp3) is 0.588. The molecule has 0 radical (unpaired) electrons. The van der Waals surface area contributed by atoms with E-state index in [0.717, 1.165) is 0 Å². The van der Waals surface area contributed by atoms with E-state index >= 15 is 0 Å². The second kappa shape index (κ2) is 6.59. The molecule has 2 aliphatic rings. The summed E-state index contributed by atoms with van der Waals surface area (Å²) in [5.41, 5.74) is -0.300. The third-order valence-electron chi connectivity index (χ3n) is 5.60. The fourth-order valence-electron chi connectivity index (χ4n) is 4.06. The number of hydrogen-bond donors (Lipinski definition) is 0. The molecule has 11 heteroatoms. The molecule has 2 aliphatic heterocycles. The Balaban J connectivity index is 1.66. The molecular weight excluding hydrogens is 384 g/mol. The van der Waals surface area contributed by atoms with Gasteiger partial charge in [-0.1, -0.05) is 5.16 Å². The summed E-state index contributed by atoms with van der Waals surface area (Å²) in [4.78, 5) is 27.2. The lowest BCUT2D eigenvalue weighted by Crippen LogP contribution is -2.41. The van der Waals surface area contributed by atoms with E-state index in [0.29, 0.717) is 42.7 Å². The highest BCUT2D eigenvalue weighted by atomic mass is 32.2. The Morgan fingerprint density at radius 1 is 1.21 bits per heavy atom. The van der Waals surface area contributed by atoms with Crippen LogP contribution in [0.25, 0.3) is 0 Å². The summed E-state index contributed by atoms with van der Waals surface area (Å²) in [5.74, 6) is 1.19. The first-order chi connectivity index (χ1) is 13.2. The molecule has 2 atom stereocenters. The zero-order valence-electron chi connectivity index (χ0n) is 16.0. The predicted molar refractivity (Wildman–Crippen MR) is 97.9 cm³/mol. The minimum Gasteiger partial charge on any atom is -0.339 e. The van der Waals surface area contributed by atoms with Crippen LogP contribution in [0.1, 0.15) is 34.8 Å². The van der Waals surface area contributed by atoms with Crippen LogP contribution in [0.5, 0.6) is 0 Å². The Morgan fingerprint density at radius 2 is 1.93 bits per heavy atom. The van der Waals surface area contributed by atoms with Gasteiger partial charge in [-0.25, -0.2) is 22.7 Å². The molecule has 2 saturated heterocycles. The van der Waals surface area contributed by atoms with Gasteiger partial charge in [0.1, 0.15) is 5.82 Å². The maximum atomic E-state index is 13.0. The number of nitrogens with zero attached hydrogens (tertiary/aromatic N) is 6. The van der Waals surface area contributed by atoms with Crippen molar-refractivity contribution in [1.82, 2.24) is 29.3 Å². The Bertz CT molecular complexity index is 1000. The van der Waals surface area contributed by atoms with Gasteiger partial charge in [0.25, 0.3) is 5.91 Å². The molecule has 0 N–H and O–H groups in total. The molecule has 0 unspecified atom stereocenters. The van der Waals surface area contributed by atoms with Crippen LogP contribution in [-0.4, -0.2) is 75.6 Å². The molecule has 150 valence electrons. The number of rotatable bonds is 4. The van der Waals surface area contributed by atoms with E-state index in [1.807, 2.05) is 0 Å². The average Bonchev–Trinajstić information content (AvgIpc) is 3.34. The highest BCUT2D eigenvalue weighted by Gasteiger charge is 2.59. The smallest absolute Gasteiger partial charge is 0.257 e. The van der Waals surface area contributed by atoms with Crippen LogP contribution in [0.15, 0.2) is 16.9 Å². The highest BCUT2D eigenvalue weighted by Crippen LogP contribution is 2.45. The summed E-state index contributed by atoms with van der Waals surface area (Å²) in [6, 6.07) is 0. The second-order valence-corrected chi connectivity index (χ2v) is 9.66. The van der Waals surface area contributed by atoms with Gasteiger partial charge in [0.2, 0.25) is 15.9 Å². The van der Waals surface area contributed by atoms with Crippen molar-refractivity contribution >= 4 is 15.9 Å². The highest BCUT2D eigenvalue weighted by molar-refractivity contribution is 7.89. The summed E-state index contributed by atoms with van der Waals surface area (Å²) in [7, 11) is -3.35. The molecule has 28 heavy (non-hydrogen) atoms. The molecule has 10 nitrogen and oxygen atoms in total. The van der Waals surface area contributed by atoms with Crippen molar-refractivity contribution < 1.29 is 17.7 Å². The maximum absolute atomic E-state index is 13.0. The molecule has 0 saturated carbocycles. The SMILES string of the molecule is CCS(=O)(=O)N1C[C@@H]2CN(C(=O)c3cnc(C)nc3)C[C@]2(c2nc(C)no2)C1. The monoisotopic (exact) mass is 406 g/mol. The van der Waals surface area contributed by atoms with Crippen molar-refractivity contribution in [2.45, 2.75) is 26.2 Å². The van der Waals surface area contributed by atoms with Gasteiger partial charge >= 0.3 is 0 Å². The van der Waals surface area contributed by atoms with Crippen molar-refractivity contribution in [2.75, 3.05) is 31.9 Å². The summed E-state index contributed by atoms with van der Waals surface area (Å²) in [6.07, 6.45) is 3.02. The number of hydrogen-bond acceptors (Lipinski definition) is 8. The van der Waals surface area contributed by atoms with Gasteiger partial charge in [-0.3, -0.25) is 4.79 Å². The van der Waals surface area contributed by atoms with Gasteiger partial charge in [0.05, 0.1) is 16.7 Å². The van der Waals surface area contributed by atoms with Gasteiger partial charge in [-0.2, -0.15) is 4.98 Å². The Morgan fingerprint density at radius 3 is 2.54 bits per heavy atom. The van der Waals surface area contributed by atoms with Crippen LogP contribution in [-0.2, 0) is 15.4 Å². The van der Waals surface area contributed by atoms with Gasteiger partial charge in [0, 0.05) is 44.5 Å². The fourth-order valence-corrected chi connectivity index (χ4v) is 5.25. The standard InChI is InChI=1S/C17H22N6O4S/c1-4-28(25,26)23-8-14-7-22(15(24)13-5-18-11(2)19-6-13)9-17(14,10-23)16-20-12(3)21-27-16/h5-6,14H,4,7-10H2,1-3H3/t14-,17-/m0/s1. The lowest BCUT2D eigenvalue weighted by atomic mass is 9.81. The molecule has 2 fully saturated rings. The van der Waals surface area contributed by atoms with Crippen LogP contribution < -0.4 is 0 Å². The van der Waals surface area contributed by atoms with Gasteiger partial charge < -0.3 is 9.42 Å². The number of fused-ring (bicyclic) bond motifs is 1. The quantitative estimate of drug-likeness (QED) is 0.703. The third kappa shape index (κ3) is 2.98. The first-order valence-corrected chi connectivity index (χ1v) is 10.7. The lowest BCUT2D eigenvalue weighted by molar-refractivity contribution is 0.0772. The first-order valence-electron chi connectivity index (χ1n) is 9.12. The Kier molecular flexibility index (Phi) is 4.46. The Hall–Kier alpha value is -2.40. The minimum atomic E-state index is -3.35. The Labute approximate surface area is 163 Å². The topological polar surface area (TPSA) is 122 Å². The molecule has 2 aromatic rings. The molecule has 4 rings (SSSR count). The minimum absolute atomic E-state index is 0.0298. The molecule has 0 aromatic carbocycles. The van der Waals surface area contributed by atoms with E-state index in [-0.39, 0.29) is 24.1 Å². The molecule has 2 aromatic heterocycles. The predicted octanol–water partition coefficient (Wildman–Crippen LogP) is 0.152. The summed E-state index contributed by atoms with van der Waals surface area (Å²) in [6.45, 7) is 6.36. The second-order valence-electron chi connectivity index (χ2n) is 7.40. The summed E-state index contributed by atoms with van der Waals surface area (Å²) >= 11 is 0. The van der Waals surface area contributed by atoms with Gasteiger partial charge in [0.15, 0.2) is 5.82 Å². The number of aryl methyl sites for hydroxylation is 2. The zero-order chi connectivity index (χ0) is 20.1. The van der Waals surface area contributed by atoms with Crippen LogP contribution >= 0.6 is 0 Å². The molecule has 1 amide bonds. The van der Waals surface area contributed by atoms with Gasteiger partial charge in [-0.05, 0) is 20.8 Å². The average molecular weight is 406 g/mol. The van der Waals surface area contributed by atoms with E-state index in [2.05, 4.69) is 20.1 Å². The van der Waals surface area contributed by atoms with Crippen molar-refractivity contribution in [3.8, 4) is 0 Å². The van der Waals surface area contributed by atoms with Crippen LogP contribution in [0.3, 0.4) is 0 Å². The van der Waals surface area contributed by atoms with Crippen molar-refractivity contribution in [1.29, 1.82) is 0 Å². The summed E-state index contributed by atoms with van der Waals surface area (Å²) in [5, 5.41) is 3.88. The van der Waals surface area contributed by atoms with E-state index in [9.17, 15) is 13.2 Å². The summed E-state index contributed by atoms with van der Waals surface area (Å²) < 4.78 is 31.8. The van der Waals surface area contributed by atoms with Crippen molar-refractivity contribution in [2.24, 2.45) is 5.92 Å². The lowest BCUT2D eigenvalue weighted by Gasteiger charge is -2.25. The number of amides is 1. The number of aromatic nitrogens is 4. The van der Waals surface area contributed by atoms with E-state index < -0.39 is 15.4 Å². The van der Waals surface area contributed by atoms with E-state index in [4.69, 9.17) is 4.52 Å². The van der Waals surface area contributed by atoms with E-state index in [1.165, 1.54) is 16.7 Å². The van der Waals surface area contributed by atoms with Crippen LogP contribution in [0, 0.1) is 19.8 Å². The van der Waals surface area contributed by atoms with Gasteiger partial charge in [-0.15, -0.1) is 0 Å². The van der Waals surface area contributed by atoms with Crippen molar-refractivity contribution in [3.05, 3.63) is 35.5 Å². The molecule has 0 spiro atoms. The van der Waals surface area contributed by atoms with E-state index in [1.54, 1.807) is 25.7 Å². The number of carbonyl (C=O) groups is 1. The first kappa shape index (κ1) is 18.9. The zero-order valence-corrected chi connectivity index (χ0v) is 16.8. The number of carbonyl (C=O) groups excluding carboxylic acids is 1. The normalized spacial score (nSPS) is 25.2. The maximum Gasteiger partial charge on any atom is 0.257 e. The van der Waals surface area contributed by atoms with Crippen LogP contribution in [0.2, 0.25) is 0 Å². The third-order valence-corrected chi connectivity index (χ3v) is 7.40.